The van der Waals surface area contributed by atoms with Gasteiger partial charge in [0.1, 0.15) is 5.75 Å². The summed E-state index contributed by atoms with van der Waals surface area (Å²) in [5, 5.41) is 14.0. The second kappa shape index (κ2) is 7.66. The predicted octanol–water partition coefficient (Wildman–Crippen LogP) is 2.52. The monoisotopic (exact) mass is 383 g/mol. The number of hydrogen-bond donors (Lipinski definition) is 1. The lowest BCUT2D eigenvalue weighted by Crippen LogP contribution is -2.42. The number of carboxylic acid groups (broad SMARTS) is 1. The number of methoxy groups -OCH3 is 1. The van der Waals surface area contributed by atoms with Crippen LogP contribution in [0.1, 0.15) is 46.6 Å². The van der Waals surface area contributed by atoms with Crippen LogP contribution in [0.25, 0.3) is 0 Å². The van der Waals surface area contributed by atoms with Crippen LogP contribution in [-0.4, -0.2) is 45.3 Å². The maximum atomic E-state index is 12.6. The van der Waals surface area contributed by atoms with Crippen LogP contribution in [0.5, 0.6) is 5.75 Å². The molecule has 1 aliphatic carbocycles. The van der Waals surface area contributed by atoms with E-state index < -0.39 is 5.97 Å². The molecular weight excluding hydrogens is 358 g/mol. The molecule has 1 amide bonds. The van der Waals surface area contributed by atoms with Crippen molar-refractivity contribution in [3.63, 3.8) is 0 Å². The molecule has 1 aromatic heterocycles. The van der Waals surface area contributed by atoms with Gasteiger partial charge in [0.25, 0.3) is 0 Å². The average molecular weight is 383 g/mol. The maximum absolute atomic E-state index is 12.6. The number of fused-ring (bicyclic) bond motifs is 1. The first-order valence-corrected chi connectivity index (χ1v) is 9.80. The Kier molecular flexibility index (Phi) is 5.07. The number of carboxylic acids is 1. The zero-order valence-electron chi connectivity index (χ0n) is 16.1. The molecule has 0 saturated heterocycles. The summed E-state index contributed by atoms with van der Waals surface area (Å²) in [5.41, 5.74) is 2.86. The molecule has 7 heteroatoms. The van der Waals surface area contributed by atoms with Crippen molar-refractivity contribution < 1.29 is 19.4 Å². The van der Waals surface area contributed by atoms with Gasteiger partial charge in [-0.15, -0.1) is 0 Å². The van der Waals surface area contributed by atoms with E-state index in [4.69, 9.17) is 4.74 Å². The minimum Gasteiger partial charge on any atom is -0.497 e. The van der Waals surface area contributed by atoms with E-state index in [2.05, 4.69) is 5.10 Å². The second-order valence-corrected chi connectivity index (χ2v) is 7.54. The number of rotatable bonds is 6. The lowest BCUT2D eigenvalue weighted by atomic mass is 9.84. The van der Waals surface area contributed by atoms with Crippen molar-refractivity contribution in [3.05, 3.63) is 46.8 Å². The van der Waals surface area contributed by atoms with E-state index in [9.17, 15) is 14.7 Å². The summed E-state index contributed by atoms with van der Waals surface area (Å²) in [6.07, 6.45) is 4.42. The Bertz CT molecular complexity index is 884. The number of hydrogen-bond acceptors (Lipinski definition) is 4. The highest BCUT2D eigenvalue weighted by Crippen LogP contribution is 2.31. The molecule has 148 valence electrons. The molecule has 1 aromatic carbocycles. The molecule has 0 bridgehead atoms. The summed E-state index contributed by atoms with van der Waals surface area (Å²) < 4.78 is 6.99. The van der Waals surface area contributed by atoms with Crippen LogP contribution in [0.15, 0.2) is 24.3 Å². The van der Waals surface area contributed by atoms with Crippen LogP contribution in [0.3, 0.4) is 0 Å². The van der Waals surface area contributed by atoms with Crippen LogP contribution in [0, 0.1) is 5.92 Å². The number of ether oxygens (including phenoxy) is 1. The van der Waals surface area contributed by atoms with Gasteiger partial charge in [0, 0.05) is 43.2 Å². The Morgan fingerprint density at radius 3 is 2.61 bits per heavy atom. The minimum absolute atomic E-state index is 0.0795. The Morgan fingerprint density at radius 2 is 2.00 bits per heavy atom. The molecule has 0 radical (unpaired) electrons. The number of aromatic nitrogens is 2. The van der Waals surface area contributed by atoms with Gasteiger partial charge in [-0.3, -0.25) is 9.48 Å². The summed E-state index contributed by atoms with van der Waals surface area (Å²) in [6.45, 7) is 1.60. The van der Waals surface area contributed by atoms with Crippen molar-refractivity contribution in [1.29, 1.82) is 0 Å². The lowest BCUT2D eigenvalue weighted by Gasteiger charge is -2.34. The van der Waals surface area contributed by atoms with Crippen LogP contribution >= 0.6 is 0 Å². The largest absolute Gasteiger partial charge is 0.497 e. The van der Waals surface area contributed by atoms with Crippen LogP contribution in [-0.2, 0) is 30.7 Å². The molecule has 1 fully saturated rings. The SMILES string of the molecule is COc1ccc(CCn2nc(C(=O)O)c3c2CCN(C(=O)C2CCC2)C3)cc1. The van der Waals surface area contributed by atoms with Crippen molar-refractivity contribution in [2.24, 2.45) is 5.92 Å². The maximum Gasteiger partial charge on any atom is 0.356 e. The number of benzene rings is 1. The van der Waals surface area contributed by atoms with Crippen LogP contribution in [0.2, 0.25) is 0 Å². The quantitative estimate of drug-likeness (QED) is 0.829. The fourth-order valence-electron chi connectivity index (χ4n) is 3.98. The van der Waals surface area contributed by atoms with Crippen molar-refractivity contribution in [2.45, 2.75) is 45.2 Å². The molecule has 0 unspecified atom stereocenters. The molecule has 0 atom stereocenters. The molecule has 0 spiro atoms. The third-order valence-electron chi connectivity index (χ3n) is 5.87. The molecule has 7 nitrogen and oxygen atoms in total. The standard InChI is InChI=1S/C21H25N3O4/c1-28-16-7-5-14(6-8-16)9-12-24-18-10-11-23(20(25)15-3-2-4-15)13-17(18)19(22-24)21(26)27/h5-8,15H,2-4,9-13H2,1H3,(H,26,27). The Labute approximate surface area is 163 Å². The summed E-state index contributed by atoms with van der Waals surface area (Å²) in [5.74, 6) is 0.0705. The normalized spacial score (nSPS) is 16.4. The highest BCUT2D eigenvalue weighted by Gasteiger charge is 2.34. The Morgan fingerprint density at radius 1 is 1.25 bits per heavy atom. The van der Waals surface area contributed by atoms with Gasteiger partial charge in [-0.1, -0.05) is 18.6 Å². The smallest absolute Gasteiger partial charge is 0.356 e. The molecule has 2 aliphatic rings. The van der Waals surface area contributed by atoms with Gasteiger partial charge in [-0.05, 0) is 37.0 Å². The molecule has 2 heterocycles. The third kappa shape index (κ3) is 3.48. The lowest BCUT2D eigenvalue weighted by molar-refractivity contribution is -0.139. The number of carbonyl (C=O) groups is 2. The van der Waals surface area contributed by atoms with E-state index in [0.717, 1.165) is 42.7 Å². The van der Waals surface area contributed by atoms with Gasteiger partial charge < -0.3 is 14.7 Å². The van der Waals surface area contributed by atoms with Gasteiger partial charge in [0.2, 0.25) is 5.91 Å². The predicted molar refractivity (Wildman–Crippen MR) is 102 cm³/mol. The van der Waals surface area contributed by atoms with E-state index in [-0.39, 0.29) is 17.5 Å². The summed E-state index contributed by atoms with van der Waals surface area (Å²) >= 11 is 0. The van der Waals surface area contributed by atoms with Crippen LogP contribution < -0.4 is 4.74 Å². The summed E-state index contributed by atoms with van der Waals surface area (Å²) in [6, 6.07) is 7.85. The Hall–Kier alpha value is -2.83. The van der Waals surface area contributed by atoms with Gasteiger partial charge >= 0.3 is 5.97 Å². The van der Waals surface area contributed by atoms with Gasteiger partial charge in [0.15, 0.2) is 5.69 Å². The number of nitrogens with zero attached hydrogens (tertiary/aromatic N) is 3. The summed E-state index contributed by atoms with van der Waals surface area (Å²) in [4.78, 5) is 26.1. The van der Waals surface area contributed by atoms with E-state index >= 15 is 0 Å². The molecule has 1 aliphatic heterocycles. The highest BCUT2D eigenvalue weighted by molar-refractivity contribution is 5.88. The number of amides is 1. The first-order valence-electron chi connectivity index (χ1n) is 9.80. The highest BCUT2D eigenvalue weighted by atomic mass is 16.5. The van der Waals surface area contributed by atoms with E-state index in [1.165, 1.54) is 0 Å². The van der Waals surface area contributed by atoms with E-state index in [0.29, 0.717) is 31.6 Å². The fraction of sp³-hybridized carbons (Fsp3) is 0.476. The molecule has 28 heavy (non-hydrogen) atoms. The molecule has 2 aromatic rings. The zero-order valence-corrected chi connectivity index (χ0v) is 16.1. The molecule has 1 N–H and O–H groups in total. The third-order valence-corrected chi connectivity index (χ3v) is 5.87. The topological polar surface area (TPSA) is 84.7 Å². The zero-order chi connectivity index (χ0) is 19.7. The first-order chi connectivity index (χ1) is 13.6. The van der Waals surface area contributed by atoms with E-state index in [1.54, 1.807) is 7.11 Å². The van der Waals surface area contributed by atoms with Crippen molar-refractivity contribution in [2.75, 3.05) is 13.7 Å². The van der Waals surface area contributed by atoms with Crippen LogP contribution in [0.4, 0.5) is 0 Å². The molecule has 1 saturated carbocycles. The van der Waals surface area contributed by atoms with E-state index in [1.807, 2.05) is 33.8 Å². The number of aryl methyl sites for hydroxylation is 2. The van der Waals surface area contributed by atoms with Crippen molar-refractivity contribution in [3.8, 4) is 5.75 Å². The van der Waals surface area contributed by atoms with Gasteiger partial charge in [-0.25, -0.2) is 4.79 Å². The van der Waals surface area contributed by atoms with Gasteiger partial charge in [-0.2, -0.15) is 5.10 Å². The molecule has 4 rings (SSSR count). The minimum atomic E-state index is -1.03. The number of aromatic carboxylic acids is 1. The average Bonchev–Trinajstić information content (AvgIpc) is 3.03. The Balaban J connectivity index is 1.51. The first kappa shape index (κ1) is 18.5. The van der Waals surface area contributed by atoms with Gasteiger partial charge in [0.05, 0.1) is 7.11 Å². The number of carbonyl (C=O) groups excluding carboxylic acids is 1. The van der Waals surface area contributed by atoms with Crippen molar-refractivity contribution in [1.82, 2.24) is 14.7 Å². The van der Waals surface area contributed by atoms with Crippen molar-refractivity contribution >= 4 is 11.9 Å². The summed E-state index contributed by atoms with van der Waals surface area (Å²) in [7, 11) is 1.64. The molecular formula is C21H25N3O4. The fourth-order valence-corrected chi connectivity index (χ4v) is 3.98. The second-order valence-electron chi connectivity index (χ2n) is 7.54.